The highest BCUT2D eigenvalue weighted by Gasteiger charge is 2.46. The Balaban J connectivity index is 0.994. The molecule has 1 nitrogen and oxygen atoms in total. The first kappa shape index (κ1) is 39.1. The van der Waals surface area contributed by atoms with Crippen LogP contribution in [0.25, 0.3) is 75.5 Å². The Labute approximate surface area is 395 Å². The summed E-state index contributed by atoms with van der Waals surface area (Å²) in [4.78, 5) is 2.45. The second-order valence-electron chi connectivity index (χ2n) is 17.6. The zero-order valence-electron chi connectivity index (χ0n) is 36.7. The van der Waals surface area contributed by atoms with E-state index in [1.54, 1.807) is 0 Å². The van der Waals surface area contributed by atoms with Crippen molar-refractivity contribution in [2.75, 3.05) is 4.90 Å². The fourth-order valence-electron chi connectivity index (χ4n) is 10.9. The first-order chi connectivity index (χ1) is 33.2. The molecule has 0 amide bonds. The number of fused-ring (bicyclic) bond motifs is 7. The number of nitrogens with zero attached hydrogens (tertiary/aromatic N) is 1. The smallest absolute Gasteiger partial charge is 0.0714 e. The van der Waals surface area contributed by atoms with Gasteiger partial charge in [-0.2, -0.15) is 0 Å². The molecule has 1 aliphatic carbocycles. The van der Waals surface area contributed by atoms with Gasteiger partial charge in [0.15, 0.2) is 0 Å². The lowest BCUT2D eigenvalue weighted by molar-refractivity contribution is 0.768. The van der Waals surface area contributed by atoms with Gasteiger partial charge in [0.2, 0.25) is 0 Å². The largest absolute Gasteiger partial charge is 0.310 e. The van der Waals surface area contributed by atoms with E-state index in [1.807, 2.05) is 11.3 Å². The van der Waals surface area contributed by atoms with Gasteiger partial charge in [0, 0.05) is 37.2 Å². The van der Waals surface area contributed by atoms with Gasteiger partial charge in [-0.3, -0.25) is 0 Å². The monoisotopic (exact) mass is 869 g/mol. The minimum Gasteiger partial charge on any atom is -0.310 e. The van der Waals surface area contributed by atoms with Gasteiger partial charge in [-0.15, -0.1) is 11.3 Å². The standard InChI is InChI=1S/C65H43NS/c1-4-17-45(18-5-1)56-30-16-31-59-60-42-48(35-40-63(60)67-64(56)59)47-21-14-26-52(41-47)66(51-36-33-46(34-37-51)55-29-15-20-44-19-10-11-27-54(44)55)53-38-39-58-57-28-12-13-32-61(57)65(62(58)43-53,49-22-6-2-7-23-49)50-24-8-3-9-25-50/h1-43H. The molecule has 12 aromatic rings. The molecule has 0 unspecified atom stereocenters. The van der Waals surface area contributed by atoms with Crippen molar-refractivity contribution in [1.82, 2.24) is 0 Å². The van der Waals surface area contributed by atoms with E-state index in [1.165, 1.54) is 97.7 Å². The fraction of sp³-hybridized carbons (Fsp3) is 0.0154. The average molecular weight is 870 g/mol. The molecule has 314 valence electrons. The molecule has 1 heterocycles. The molecule has 0 radical (unpaired) electrons. The van der Waals surface area contributed by atoms with Crippen LogP contribution in [0.3, 0.4) is 0 Å². The number of anilines is 3. The maximum atomic E-state index is 2.47. The molecule has 0 atom stereocenters. The molecule has 13 rings (SSSR count). The van der Waals surface area contributed by atoms with Crippen molar-refractivity contribution < 1.29 is 0 Å². The van der Waals surface area contributed by atoms with Crippen LogP contribution in [-0.4, -0.2) is 0 Å². The van der Waals surface area contributed by atoms with Crippen LogP contribution in [0, 0.1) is 0 Å². The molecule has 1 aromatic heterocycles. The topological polar surface area (TPSA) is 3.24 Å². The summed E-state index contributed by atoms with van der Waals surface area (Å²) in [6.07, 6.45) is 0. The SMILES string of the molecule is c1ccc(-c2cccc3c2sc2ccc(-c4cccc(N(c5ccc(-c6cccc7ccccc67)cc5)c5ccc6c(c5)C(c5ccccc5)(c5ccccc5)c5ccccc5-6)c4)cc23)cc1. The van der Waals surface area contributed by atoms with Gasteiger partial charge in [-0.05, 0) is 126 Å². The quantitative estimate of drug-likeness (QED) is 0.147. The van der Waals surface area contributed by atoms with Crippen molar-refractivity contribution in [2.24, 2.45) is 0 Å². The van der Waals surface area contributed by atoms with Crippen molar-refractivity contribution in [1.29, 1.82) is 0 Å². The van der Waals surface area contributed by atoms with Gasteiger partial charge in [0.05, 0.1) is 5.41 Å². The molecule has 0 aliphatic heterocycles. The lowest BCUT2D eigenvalue weighted by Crippen LogP contribution is -2.28. The number of hydrogen-bond acceptors (Lipinski definition) is 2. The van der Waals surface area contributed by atoms with Crippen LogP contribution < -0.4 is 4.90 Å². The summed E-state index contributed by atoms with van der Waals surface area (Å²) >= 11 is 1.88. The maximum Gasteiger partial charge on any atom is 0.0714 e. The summed E-state index contributed by atoms with van der Waals surface area (Å²) in [7, 11) is 0. The Morgan fingerprint density at radius 1 is 0.299 bits per heavy atom. The number of thiophene rings is 1. The van der Waals surface area contributed by atoms with Gasteiger partial charge in [-0.1, -0.05) is 212 Å². The Morgan fingerprint density at radius 3 is 1.64 bits per heavy atom. The van der Waals surface area contributed by atoms with Crippen LogP contribution in [0.4, 0.5) is 17.1 Å². The van der Waals surface area contributed by atoms with Crippen molar-refractivity contribution >= 4 is 59.3 Å². The first-order valence-electron chi connectivity index (χ1n) is 23.1. The zero-order chi connectivity index (χ0) is 44.3. The van der Waals surface area contributed by atoms with Crippen LogP contribution in [0.15, 0.2) is 261 Å². The highest BCUT2D eigenvalue weighted by atomic mass is 32.1. The van der Waals surface area contributed by atoms with Crippen molar-refractivity contribution in [3.63, 3.8) is 0 Å². The van der Waals surface area contributed by atoms with E-state index in [-0.39, 0.29) is 0 Å². The normalized spacial score (nSPS) is 12.6. The summed E-state index contributed by atoms with van der Waals surface area (Å²) in [5.41, 5.74) is 17.7. The fourth-order valence-corrected chi connectivity index (χ4v) is 12.2. The molecule has 0 fully saturated rings. The highest BCUT2D eigenvalue weighted by molar-refractivity contribution is 7.26. The highest BCUT2D eigenvalue weighted by Crippen LogP contribution is 2.57. The minimum atomic E-state index is -0.519. The molecule has 0 saturated heterocycles. The van der Waals surface area contributed by atoms with Crippen molar-refractivity contribution in [3.05, 3.63) is 283 Å². The Morgan fingerprint density at radius 2 is 0.836 bits per heavy atom. The second kappa shape index (κ2) is 16.0. The van der Waals surface area contributed by atoms with E-state index in [0.29, 0.717) is 0 Å². The van der Waals surface area contributed by atoms with Gasteiger partial charge in [0.25, 0.3) is 0 Å². The van der Waals surface area contributed by atoms with E-state index in [0.717, 1.165) is 17.1 Å². The van der Waals surface area contributed by atoms with Crippen LogP contribution >= 0.6 is 11.3 Å². The van der Waals surface area contributed by atoms with E-state index in [2.05, 4.69) is 266 Å². The molecule has 2 heteroatoms. The van der Waals surface area contributed by atoms with E-state index >= 15 is 0 Å². The predicted molar refractivity (Wildman–Crippen MR) is 285 cm³/mol. The molecule has 0 spiro atoms. The van der Waals surface area contributed by atoms with Gasteiger partial charge in [0.1, 0.15) is 0 Å². The van der Waals surface area contributed by atoms with Crippen LogP contribution in [0.2, 0.25) is 0 Å². The number of hydrogen-bond donors (Lipinski definition) is 0. The lowest BCUT2D eigenvalue weighted by atomic mass is 9.67. The molecule has 0 bridgehead atoms. The van der Waals surface area contributed by atoms with Crippen LogP contribution in [0.5, 0.6) is 0 Å². The lowest BCUT2D eigenvalue weighted by Gasteiger charge is -2.35. The Bertz CT molecular complexity index is 3750. The Kier molecular flexibility index (Phi) is 9.33. The number of benzene rings is 11. The third-order valence-corrected chi connectivity index (χ3v) is 15.2. The van der Waals surface area contributed by atoms with Crippen molar-refractivity contribution in [2.45, 2.75) is 5.41 Å². The van der Waals surface area contributed by atoms with Gasteiger partial charge in [-0.25, -0.2) is 0 Å². The molecule has 11 aromatic carbocycles. The molecule has 67 heavy (non-hydrogen) atoms. The number of rotatable bonds is 8. The summed E-state index contributed by atoms with van der Waals surface area (Å²) in [5.74, 6) is 0. The van der Waals surface area contributed by atoms with Crippen LogP contribution in [-0.2, 0) is 5.41 Å². The molecule has 0 N–H and O–H groups in total. The Hall–Kier alpha value is -8.30. The molecular weight excluding hydrogens is 827 g/mol. The summed E-state index contributed by atoms with van der Waals surface area (Å²) in [6.45, 7) is 0. The van der Waals surface area contributed by atoms with E-state index in [9.17, 15) is 0 Å². The van der Waals surface area contributed by atoms with Gasteiger partial charge >= 0.3 is 0 Å². The zero-order valence-corrected chi connectivity index (χ0v) is 37.5. The molecular formula is C65H43NS. The second-order valence-corrected chi connectivity index (χ2v) is 18.6. The minimum absolute atomic E-state index is 0.519. The van der Waals surface area contributed by atoms with E-state index in [4.69, 9.17) is 0 Å². The third kappa shape index (κ3) is 6.37. The average Bonchev–Trinajstić information content (AvgIpc) is 3.93. The molecule has 0 saturated carbocycles. The predicted octanol–water partition coefficient (Wildman–Crippen LogP) is 18.0. The first-order valence-corrected chi connectivity index (χ1v) is 23.9. The maximum absolute atomic E-state index is 2.47. The van der Waals surface area contributed by atoms with Crippen LogP contribution in [0.1, 0.15) is 22.3 Å². The van der Waals surface area contributed by atoms with E-state index < -0.39 is 5.41 Å². The van der Waals surface area contributed by atoms with Gasteiger partial charge < -0.3 is 4.90 Å². The summed E-state index contributed by atoms with van der Waals surface area (Å²) in [6, 6.07) is 96.3. The molecule has 1 aliphatic rings. The summed E-state index contributed by atoms with van der Waals surface area (Å²) in [5, 5.41) is 5.09. The van der Waals surface area contributed by atoms with Crippen molar-refractivity contribution in [3.8, 4) is 44.5 Å². The summed E-state index contributed by atoms with van der Waals surface area (Å²) < 4.78 is 2.62. The third-order valence-electron chi connectivity index (χ3n) is 13.9.